The van der Waals surface area contributed by atoms with Gasteiger partial charge in [-0.3, -0.25) is 9.89 Å². The first-order valence-corrected chi connectivity index (χ1v) is 9.53. The highest BCUT2D eigenvalue weighted by molar-refractivity contribution is 8.00. The maximum absolute atomic E-state index is 12.3. The van der Waals surface area contributed by atoms with Crippen molar-refractivity contribution in [1.29, 1.82) is 0 Å². The zero-order chi connectivity index (χ0) is 18.0. The Hall–Kier alpha value is -2.19. The lowest BCUT2D eigenvalue weighted by Crippen LogP contribution is -2.22. The number of aryl methyl sites for hydroxylation is 3. The number of nitrogens with one attached hydrogen (secondary N) is 2. The summed E-state index contributed by atoms with van der Waals surface area (Å²) in [5.74, 6) is 0.598. The second-order valence-electron chi connectivity index (χ2n) is 5.69. The Balaban J connectivity index is 1.66. The molecule has 3 aromatic rings. The van der Waals surface area contributed by atoms with Gasteiger partial charge < -0.3 is 5.32 Å². The van der Waals surface area contributed by atoms with Crippen LogP contribution < -0.4 is 5.32 Å². The topological polar surface area (TPSA) is 83.6 Å². The monoisotopic (exact) mass is 373 g/mol. The summed E-state index contributed by atoms with van der Waals surface area (Å²) in [6.07, 6.45) is 0. The van der Waals surface area contributed by atoms with E-state index >= 15 is 0 Å². The van der Waals surface area contributed by atoms with E-state index in [4.69, 9.17) is 0 Å². The largest absolute Gasteiger partial charge is 0.301 e. The van der Waals surface area contributed by atoms with Crippen LogP contribution in [0.25, 0.3) is 11.4 Å². The minimum Gasteiger partial charge on any atom is -0.301 e. The Kier molecular flexibility index (Phi) is 5.19. The van der Waals surface area contributed by atoms with E-state index in [1.165, 1.54) is 23.1 Å². The lowest BCUT2D eigenvalue weighted by Gasteiger charge is -2.07. The van der Waals surface area contributed by atoms with Crippen LogP contribution in [0, 0.1) is 20.8 Å². The molecule has 0 aliphatic rings. The average Bonchev–Trinajstić information content (AvgIpc) is 3.15. The molecule has 0 fully saturated rings. The predicted octanol–water partition coefficient (Wildman–Crippen LogP) is 3.97. The van der Waals surface area contributed by atoms with Crippen molar-refractivity contribution >= 4 is 34.1 Å². The van der Waals surface area contributed by atoms with Crippen LogP contribution >= 0.6 is 23.1 Å². The molecule has 0 aliphatic carbocycles. The molecule has 0 spiro atoms. The Labute approximate surface area is 154 Å². The number of hydrogen-bond donors (Lipinski definition) is 2. The molecule has 2 heterocycles. The van der Waals surface area contributed by atoms with Gasteiger partial charge in [-0.05, 0) is 33.3 Å². The highest BCUT2D eigenvalue weighted by Gasteiger charge is 2.19. The van der Waals surface area contributed by atoms with Crippen molar-refractivity contribution in [2.24, 2.45) is 0 Å². The molecule has 0 unspecified atom stereocenters. The van der Waals surface area contributed by atoms with E-state index in [1.54, 1.807) is 0 Å². The number of amides is 1. The van der Waals surface area contributed by atoms with Crippen molar-refractivity contribution in [2.75, 3.05) is 5.32 Å². The van der Waals surface area contributed by atoms with E-state index in [2.05, 4.69) is 25.5 Å². The minimum absolute atomic E-state index is 0.110. The van der Waals surface area contributed by atoms with E-state index in [9.17, 15) is 4.79 Å². The summed E-state index contributed by atoms with van der Waals surface area (Å²) in [7, 11) is 0. The van der Waals surface area contributed by atoms with Gasteiger partial charge in [0.1, 0.15) is 0 Å². The van der Waals surface area contributed by atoms with Crippen molar-refractivity contribution in [2.45, 2.75) is 38.1 Å². The van der Waals surface area contributed by atoms with Gasteiger partial charge in [-0.1, -0.05) is 36.0 Å². The molecule has 0 saturated carbocycles. The zero-order valence-corrected chi connectivity index (χ0v) is 16.1. The number of thiazole rings is 1. The van der Waals surface area contributed by atoms with E-state index in [-0.39, 0.29) is 11.2 Å². The summed E-state index contributed by atoms with van der Waals surface area (Å²) in [5.41, 5.74) is 3.07. The standard InChI is InChI=1S/C17H19N5OS2/c1-9-7-5-6-8-13(9)14-19-17(22-21-14)25-12(4)15(23)20-16-18-10(2)11(3)24-16/h5-8,12H,1-4H3,(H,18,20,23)(H,19,21,22)/t12-/m0/s1. The van der Waals surface area contributed by atoms with Gasteiger partial charge in [0.25, 0.3) is 0 Å². The number of hydrogen-bond acceptors (Lipinski definition) is 6. The molecule has 2 N–H and O–H groups in total. The molecule has 2 aromatic heterocycles. The van der Waals surface area contributed by atoms with Gasteiger partial charge >= 0.3 is 0 Å². The lowest BCUT2D eigenvalue weighted by atomic mass is 10.1. The number of carbonyl (C=O) groups excluding carboxylic acids is 1. The first-order chi connectivity index (χ1) is 11.9. The second-order valence-corrected chi connectivity index (χ2v) is 8.20. The molecule has 1 atom stereocenters. The Morgan fingerprint density at radius 2 is 2.00 bits per heavy atom. The van der Waals surface area contributed by atoms with Gasteiger partial charge in [-0.2, -0.15) is 0 Å². The number of aromatic nitrogens is 4. The molecule has 6 nitrogen and oxygen atoms in total. The SMILES string of the molecule is Cc1ccccc1-c1nc(S[C@@H](C)C(=O)Nc2nc(C)c(C)s2)n[nH]1. The summed E-state index contributed by atoms with van der Waals surface area (Å²) in [4.78, 5) is 22.3. The van der Waals surface area contributed by atoms with Crippen LogP contribution in [0.3, 0.4) is 0 Å². The highest BCUT2D eigenvalue weighted by atomic mass is 32.2. The predicted molar refractivity (Wildman–Crippen MR) is 102 cm³/mol. The van der Waals surface area contributed by atoms with Crippen molar-refractivity contribution < 1.29 is 4.79 Å². The van der Waals surface area contributed by atoms with Crippen molar-refractivity contribution in [3.8, 4) is 11.4 Å². The van der Waals surface area contributed by atoms with Gasteiger partial charge in [0.05, 0.1) is 10.9 Å². The summed E-state index contributed by atoms with van der Waals surface area (Å²) in [5, 5.41) is 10.9. The maximum Gasteiger partial charge on any atom is 0.239 e. The van der Waals surface area contributed by atoms with Crippen molar-refractivity contribution in [1.82, 2.24) is 20.2 Å². The van der Waals surface area contributed by atoms with Crippen LogP contribution in [-0.4, -0.2) is 31.3 Å². The Morgan fingerprint density at radius 1 is 1.24 bits per heavy atom. The fourth-order valence-electron chi connectivity index (χ4n) is 2.20. The molecular formula is C17H19N5OS2. The van der Waals surface area contributed by atoms with Crippen LogP contribution in [0.5, 0.6) is 0 Å². The number of nitrogens with zero attached hydrogens (tertiary/aromatic N) is 3. The number of aromatic amines is 1. The smallest absolute Gasteiger partial charge is 0.239 e. The van der Waals surface area contributed by atoms with Crippen molar-refractivity contribution in [3.05, 3.63) is 40.4 Å². The van der Waals surface area contributed by atoms with E-state index in [0.29, 0.717) is 16.1 Å². The number of benzene rings is 1. The zero-order valence-electron chi connectivity index (χ0n) is 14.5. The first-order valence-electron chi connectivity index (χ1n) is 7.84. The molecule has 0 bridgehead atoms. The average molecular weight is 374 g/mol. The fraction of sp³-hybridized carbons (Fsp3) is 0.294. The maximum atomic E-state index is 12.3. The van der Waals surface area contributed by atoms with Crippen LogP contribution in [-0.2, 0) is 4.79 Å². The van der Waals surface area contributed by atoms with Gasteiger partial charge in [0.2, 0.25) is 11.1 Å². The molecule has 130 valence electrons. The van der Waals surface area contributed by atoms with E-state index < -0.39 is 0 Å². The third kappa shape index (κ3) is 4.08. The molecule has 1 aromatic carbocycles. The number of anilines is 1. The number of thioether (sulfide) groups is 1. The fourth-order valence-corrected chi connectivity index (χ4v) is 3.75. The molecule has 8 heteroatoms. The Morgan fingerprint density at radius 3 is 2.68 bits per heavy atom. The molecule has 0 aliphatic heterocycles. The third-order valence-corrected chi connectivity index (χ3v) is 5.72. The van der Waals surface area contributed by atoms with Crippen LogP contribution in [0.1, 0.15) is 23.1 Å². The summed E-state index contributed by atoms with van der Waals surface area (Å²) in [6.45, 7) is 7.78. The lowest BCUT2D eigenvalue weighted by molar-refractivity contribution is -0.115. The van der Waals surface area contributed by atoms with Crippen LogP contribution in [0.2, 0.25) is 0 Å². The molecule has 0 saturated heterocycles. The van der Waals surface area contributed by atoms with Gasteiger partial charge in [0.15, 0.2) is 11.0 Å². The van der Waals surface area contributed by atoms with Crippen molar-refractivity contribution in [3.63, 3.8) is 0 Å². The molecule has 0 radical (unpaired) electrons. The molecule has 3 rings (SSSR count). The summed E-state index contributed by atoms with van der Waals surface area (Å²) in [6, 6.07) is 7.97. The van der Waals surface area contributed by atoms with Gasteiger partial charge in [0, 0.05) is 10.4 Å². The number of carbonyl (C=O) groups is 1. The quantitative estimate of drug-likeness (QED) is 0.661. The van der Waals surface area contributed by atoms with E-state index in [1.807, 2.05) is 52.0 Å². The van der Waals surface area contributed by atoms with Gasteiger partial charge in [-0.15, -0.1) is 16.4 Å². The third-order valence-electron chi connectivity index (χ3n) is 3.78. The molecule has 1 amide bonds. The number of rotatable bonds is 5. The summed E-state index contributed by atoms with van der Waals surface area (Å²) >= 11 is 2.79. The van der Waals surface area contributed by atoms with E-state index in [0.717, 1.165) is 21.7 Å². The van der Waals surface area contributed by atoms with Gasteiger partial charge in [-0.25, -0.2) is 9.97 Å². The Bertz CT molecular complexity index is 883. The molecular weight excluding hydrogens is 354 g/mol. The van der Waals surface area contributed by atoms with Crippen LogP contribution in [0.15, 0.2) is 29.4 Å². The first kappa shape index (κ1) is 17.6. The van der Waals surface area contributed by atoms with Crippen LogP contribution in [0.4, 0.5) is 5.13 Å². The summed E-state index contributed by atoms with van der Waals surface area (Å²) < 4.78 is 0. The highest BCUT2D eigenvalue weighted by Crippen LogP contribution is 2.26. The number of H-pyrrole nitrogens is 1. The second kappa shape index (κ2) is 7.37. The minimum atomic E-state index is -0.329. The molecule has 25 heavy (non-hydrogen) atoms. The normalized spacial score (nSPS) is 12.2.